The summed E-state index contributed by atoms with van der Waals surface area (Å²) in [7, 11) is 0. The third kappa shape index (κ3) is 3.37. The molecular weight excluding hydrogens is 289 g/mol. The van der Waals surface area contributed by atoms with Crippen LogP contribution in [0.15, 0.2) is 41.8 Å². The van der Waals surface area contributed by atoms with Crippen LogP contribution >= 0.6 is 11.3 Å². The van der Waals surface area contributed by atoms with Gasteiger partial charge in [-0.1, -0.05) is 12.1 Å². The van der Waals surface area contributed by atoms with Crippen LogP contribution in [0.25, 0.3) is 0 Å². The third-order valence-corrected chi connectivity index (χ3v) is 3.55. The second-order valence-corrected chi connectivity index (χ2v) is 5.04. The lowest BCUT2D eigenvalue weighted by Gasteiger charge is -2.12. The maximum atomic E-state index is 12.6. The molecule has 0 radical (unpaired) electrons. The fourth-order valence-electron chi connectivity index (χ4n) is 1.59. The van der Waals surface area contributed by atoms with Gasteiger partial charge in [-0.15, -0.1) is 11.3 Å². The molecule has 0 bridgehead atoms. The number of amides is 1. The van der Waals surface area contributed by atoms with Crippen molar-refractivity contribution in [1.29, 1.82) is 0 Å². The molecule has 2 aromatic rings. The molecular formula is C13H11F3N2OS. The molecule has 0 aliphatic heterocycles. The van der Waals surface area contributed by atoms with E-state index in [9.17, 15) is 18.0 Å². The van der Waals surface area contributed by atoms with Crippen LogP contribution in [0.3, 0.4) is 0 Å². The summed E-state index contributed by atoms with van der Waals surface area (Å²) in [6.07, 6.45) is -4.45. The van der Waals surface area contributed by atoms with E-state index in [-0.39, 0.29) is 5.69 Å². The molecule has 0 saturated heterocycles. The minimum atomic E-state index is -4.45. The molecule has 3 N–H and O–H groups in total. The summed E-state index contributed by atoms with van der Waals surface area (Å²) in [4.78, 5) is 12.5. The van der Waals surface area contributed by atoms with Crippen molar-refractivity contribution in [1.82, 2.24) is 0 Å². The number of thiophene rings is 1. The Bertz CT molecular complexity index is 596. The predicted octanol–water partition coefficient (Wildman–Crippen LogP) is 3.41. The van der Waals surface area contributed by atoms with E-state index in [2.05, 4.69) is 5.32 Å². The van der Waals surface area contributed by atoms with Crippen molar-refractivity contribution >= 4 is 22.9 Å². The Morgan fingerprint density at radius 1 is 1.25 bits per heavy atom. The fourth-order valence-corrected chi connectivity index (χ4v) is 2.32. The van der Waals surface area contributed by atoms with Gasteiger partial charge < -0.3 is 11.1 Å². The van der Waals surface area contributed by atoms with E-state index in [1.54, 1.807) is 17.5 Å². The van der Waals surface area contributed by atoms with Crippen LogP contribution < -0.4 is 11.1 Å². The van der Waals surface area contributed by atoms with Crippen LogP contribution in [0.4, 0.5) is 18.9 Å². The van der Waals surface area contributed by atoms with Crippen LogP contribution in [0.5, 0.6) is 0 Å². The molecule has 20 heavy (non-hydrogen) atoms. The summed E-state index contributed by atoms with van der Waals surface area (Å²) in [5.41, 5.74) is 4.98. The van der Waals surface area contributed by atoms with Crippen LogP contribution in [-0.2, 0) is 11.0 Å². The highest BCUT2D eigenvalue weighted by atomic mass is 32.1. The Hall–Kier alpha value is -1.86. The number of nitrogens with one attached hydrogen (secondary N) is 1. The number of benzene rings is 1. The third-order valence-electron chi connectivity index (χ3n) is 2.59. The lowest BCUT2D eigenvalue weighted by atomic mass is 10.2. The van der Waals surface area contributed by atoms with E-state index in [4.69, 9.17) is 5.73 Å². The van der Waals surface area contributed by atoms with E-state index in [0.717, 1.165) is 12.1 Å². The summed E-state index contributed by atoms with van der Waals surface area (Å²) in [6, 6.07) is 6.97. The van der Waals surface area contributed by atoms with Gasteiger partial charge in [0.15, 0.2) is 0 Å². The summed E-state index contributed by atoms with van der Waals surface area (Å²) in [6.45, 7) is 0. The number of hydrogen-bond donors (Lipinski definition) is 2. The number of carbonyl (C=O) groups excluding carboxylic acids is 1. The number of nitrogens with two attached hydrogens (primary N) is 1. The average molecular weight is 300 g/mol. The molecule has 0 fully saturated rings. The Morgan fingerprint density at radius 2 is 2.00 bits per heavy atom. The monoisotopic (exact) mass is 300 g/mol. The van der Waals surface area contributed by atoms with E-state index in [1.165, 1.54) is 23.5 Å². The highest BCUT2D eigenvalue weighted by Crippen LogP contribution is 2.30. The van der Waals surface area contributed by atoms with Gasteiger partial charge in [0, 0.05) is 10.6 Å². The molecule has 1 heterocycles. The normalized spacial score (nSPS) is 13.0. The van der Waals surface area contributed by atoms with Crippen molar-refractivity contribution in [2.24, 2.45) is 5.73 Å². The zero-order chi connectivity index (χ0) is 14.8. The SMILES string of the molecule is NC(C(=O)Nc1cccc(C(F)(F)F)c1)c1cccs1. The molecule has 106 valence electrons. The zero-order valence-corrected chi connectivity index (χ0v) is 11.0. The fraction of sp³-hybridized carbons (Fsp3) is 0.154. The van der Waals surface area contributed by atoms with Crippen molar-refractivity contribution in [2.75, 3.05) is 5.32 Å². The maximum Gasteiger partial charge on any atom is 0.416 e. The van der Waals surface area contributed by atoms with Crippen molar-refractivity contribution < 1.29 is 18.0 Å². The van der Waals surface area contributed by atoms with Gasteiger partial charge in [0.25, 0.3) is 0 Å². The average Bonchev–Trinajstić information content (AvgIpc) is 2.91. The lowest BCUT2D eigenvalue weighted by molar-refractivity contribution is -0.137. The highest BCUT2D eigenvalue weighted by molar-refractivity contribution is 7.10. The minimum absolute atomic E-state index is 0.0665. The molecule has 3 nitrogen and oxygen atoms in total. The first-order chi connectivity index (χ1) is 9.38. The van der Waals surface area contributed by atoms with Crippen molar-refractivity contribution in [3.63, 3.8) is 0 Å². The van der Waals surface area contributed by atoms with E-state index in [1.807, 2.05) is 0 Å². The second-order valence-electron chi connectivity index (χ2n) is 4.06. The molecule has 0 saturated carbocycles. The van der Waals surface area contributed by atoms with E-state index < -0.39 is 23.7 Å². The molecule has 0 aliphatic rings. The Balaban J connectivity index is 2.12. The number of carbonyl (C=O) groups is 1. The van der Waals surface area contributed by atoms with Crippen molar-refractivity contribution in [3.05, 3.63) is 52.2 Å². The summed E-state index contributed by atoms with van der Waals surface area (Å²) < 4.78 is 37.7. The summed E-state index contributed by atoms with van der Waals surface area (Å²) in [5.74, 6) is -0.549. The number of halogens is 3. The minimum Gasteiger partial charge on any atom is -0.324 e. The smallest absolute Gasteiger partial charge is 0.324 e. The van der Waals surface area contributed by atoms with E-state index >= 15 is 0 Å². The van der Waals surface area contributed by atoms with Crippen LogP contribution in [0.1, 0.15) is 16.5 Å². The molecule has 1 amide bonds. The topological polar surface area (TPSA) is 55.1 Å². The zero-order valence-electron chi connectivity index (χ0n) is 10.1. The molecule has 0 spiro atoms. The first kappa shape index (κ1) is 14.5. The van der Waals surface area contributed by atoms with Gasteiger partial charge in [-0.3, -0.25) is 4.79 Å². The van der Waals surface area contributed by atoms with E-state index in [0.29, 0.717) is 4.88 Å². The molecule has 1 atom stereocenters. The number of alkyl halides is 3. The van der Waals surface area contributed by atoms with Gasteiger partial charge in [-0.05, 0) is 29.6 Å². The molecule has 1 aromatic heterocycles. The van der Waals surface area contributed by atoms with Gasteiger partial charge in [0.1, 0.15) is 6.04 Å². The van der Waals surface area contributed by atoms with Crippen LogP contribution in [0, 0.1) is 0 Å². The second kappa shape index (κ2) is 5.64. The van der Waals surface area contributed by atoms with Gasteiger partial charge >= 0.3 is 6.18 Å². The summed E-state index contributed by atoms with van der Waals surface area (Å²) in [5, 5.41) is 4.16. The summed E-state index contributed by atoms with van der Waals surface area (Å²) >= 11 is 1.31. The Labute approximate surface area is 117 Å². The van der Waals surface area contributed by atoms with Crippen LogP contribution in [0.2, 0.25) is 0 Å². The predicted molar refractivity (Wildman–Crippen MR) is 71.3 cm³/mol. The molecule has 1 aromatic carbocycles. The first-order valence-corrected chi connectivity index (χ1v) is 6.53. The maximum absolute atomic E-state index is 12.6. The van der Waals surface area contributed by atoms with Gasteiger partial charge in [-0.25, -0.2) is 0 Å². The first-order valence-electron chi connectivity index (χ1n) is 5.65. The molecule has 7 heteroatoms. The van der Waals surface area contributed by atoms with Gasteiger partial charge in [-0.2, -0.15) is 13.2 Å². The quantitative estimate of drug-likeness (QED) is 0.912. The number of rotatable bonds is 3. The molecule has 1 unspecified atom stereocenters. The molecule has 2 rings (SSSR count). The van der Waals surface area contributed by atoms with Gasteiger partial charge in [0.05, 0.1) is 5.56 Å². The van der Waals surface area contributed by atoms with Gasteiger partial charge in [0.2, 0.25) is 5.91 Å². The number of hydrogen-bond acceptors (Lipinski definition) is 3. The van der Waals surface area contributed by atoms with Crippen molar-refractivity contribution in [3.8, 4) is 0 Å². The van der Waals surface area contributed by atoms with Crippen molar-refractivity contribution in [2.45, 2.75) is 12.2 Å². The lowest BCUT2D eigenvalue weighted by Crippen LogP contribution is -2.27. The Kier molecular flexibility index (Phi) is 4.10. The molecule has 0 aliphatic carbocycles. The number of anilines is 1. The Morgan fingerprint density at radius 3 is 2.60 bits per heavy atom. The van der Waals surface area contributed by atoms with Crippen LogP contribution in [-0.4, -0.2) is 5.91 Å². The largest absolute Gasteiger partial charge is 0.416 e. The highest BCUT2D eigenvalue weighted by Gasteiger charge is 2.30. The standard InChI is InChI=1S/C13H11F3N2OS/c14-13(15,16)8-3-1-4-9(7-8)18-12(19)11(17)10-5-2-6-20-10/h1-7,11H,17H2,(H,18,19).